The molecule has 5 rings (SSSR count). The van der Waals surface area contributed by atoms with Crippen LogP contribution in [-0.2, 0) is 6.54 Å². The second-order valence-electron chi connectivity index (χ2n) is 7.78. The van der Waals surface area contributed by atoms with E-state index in [1.165, 1.54) is 0 Å². The van der Waals surface area contributed by atoms with E-state index in [2.05, 4.69) is 25.2 Å². The summed E-state index contributed by atoms with van der Waals surface area (Å²) in [7, 11) is 0. The minimum absolute atomic E-state index is 0. The first-order chi connectivity index (χ1) is 14.5. The van der Waals surface area contributed by atoms with Crippen LogP contribution in [0.25, 0.3) is 11.0 Å². The Bertz CT molecular complexity index is 1160. The second kappa shape index (κ2) is 11.0. The first-order valence-electron chi connectivity index (χ1n) is 9.87. The fourth-order valence-electron chi connectivity index (χ4n) is 3.44. The van der Waals surface area contributed by atoms with Gasteiger partial charge in [0.15, 0.2) is 0 Å². The smallest absolute Gasteiger partial charge is 0.486 e. The normalized spacial score (nSPS) is 15.9. The van der Waals surface area contributed by atoms with Gasteiger partial charge in [0.2, 0.25) is 0 Å². The van der Waals surface area contributed by atoms with E-state index in [0.29, 0.717) is 35.1 Å². The van der Waals surface area contributed by atoms with Crippen LogP contribution in [0, 0.1) is 7.43 Å². The van der Waals surface area contributed by atoms with Crippen LogP contribution in [0.3, 0.4) is 0 Å². The molecular weight excluding hydrogens is 551 g/mol. The minimum atomic E-state index is -0.315. The zero-order chi connectivity index (χ0) is 20.7. The number of hydrogen-bond donors (Lipinski definition) is 2. The Balaban J connectivity index is 0.00000144. The summed E-state index contributed by atoms with van der Waals surface area (Å²) in [6, 6.07) is 7.28. The molecule has 1 aliphatic heterocycles. The molecule has 162 valence electrons. The number of fused-ring (bicyclic) bond motifs is 1. The SMILES string of the molecule is O=C(NC1CC1)c1ccc(OC2CN(Cc3cnc4cc(Cl)c(=O)[nH]c4c3)C2)cn1.[CH3-].[Cs+]. The molecule has 0 aromatic carbocycles. The quantitative estimate of drug-likeness (QED) is 0.389. The number of hydrogen-bond acceptors (Lipinski definition) is 6. The molecule has 1 saturated carbocycles. The van der Waals surface area contributed by atoms with Crippen molar-refractivity contribution in [1.82, 2.24) is 25.2 Å². The van der Waals surface area contributed by atoms with Crippen molar-refractivity contribution in [3.05, 3.63) is 70.7 Å². The zero-order valence-electron chi connectivity index (χ0n) is 18.1. The van der Waals surface area contributed by atoms with E-state index < -0.39 is 0 Å². The third-order valence-corrected chi connectivity index (χ3v) is 5.50. The number of rotatable bonds is 6. The summed E-state index contributed by atoms with van der Waals surface area (Å²) in [6.07, 6.45) is 5.56. The average molecular weight is 574 g/mol. The molecule has 1 aliphatic carbocycles. The van der Waals surface area contributed by atoms with Crippen molar-refractivity contribution in [2.75, 3.05) is 13.1 Å². The first-order valence-corrected chi connectivity index (χ1v) is 10.2. The fourth-order valence-corrected chi connectivity index (χ4v) is 3.59. The van der Waals surface area contributed by atoms with Gasteiger partial charge < -0.3 is 22.5 Å². The number of aromatic amines is 1. The maximum atomic E-state index is 12.0. The largest absolute Gasteiger partial charge is 1.00 e. The van der Waals surface area contributed by atoms with Gasteiger partial charge in [0.05, 0.1) is 17.2 Å². The Labute approximate surface area is 249 Å². The average Bonchev–Trinajstić information content (AvgIpc) is 3.52. The van der Waals surface area contributed by atoms with Gasteiger partial charge in [-0.05, 0) is 42.7 Å². The molecule has 2 N–H and O–H groups in total. The van der Waals surface area contributed by atoms with Gasteiger partial charge >= 0.3 is 68.9 Å². The van der Waals surface area contributed by atoms with E-state index in [9.17, 15) is 9.59 Å². The van der Waals surface area contributed by atoms with Gasteiger partial charge in [-0.1, -0.05) is 11.6 Å². The summed E-state index contributed by atoms with van der Waals surface area (Å²) >= 11 is 5.84. The monoisotopic (exact) mass is 573 g/mol. The molecule has 0 bridgehead atoms. The van der Waals surface area contributed by atoms with Gasteiger partial charge in [0.25, 0.3) is 11.5 Å². The Kier molecular flexibility index (Phi) is 8.84. The van der Waals surface area contributed by atoms with Crippen LogP contribution in [0.2, 0.25) is 5.02 Å². The molecule has 2 fully saturated rings. The predicted molar refractivity (Wildman–Crippen MR) is 118 cm³/mol. The van der Waals surface area contributed by atoms with Crippen molar-refractivity contribution in [2.24, 2.45) is 0 Å². The number of nitrogens with one attached hydrogen (secondary N) is 2. The maximum Gasteiger partial charge on any atom is 1.00 e. The Morgan fingerprint density at radius 1 is 1.22 bits per heavy atom. The van der Waals surface area contributed by atoms with Crippen molar-refractivity contribution in [1.29, 1.82) is 0 Å². The molecule has 0 radical (unpaired) electrons. The number of amides is 1. The zero-order valence-corrected chi connectivity index (χ0v) is 25.1. The molecule has 2 aliphatic rings. The van der Waals surface area contributed by atoms with Crippen molar-refractivity contribution in [3.8, 4) is 5.75 Å². The van der Waals surface area contributed by atoms with Gasteiger partial charge in [-0.2, -0.15) is 0 Å². The van der Waals surface area contributed by atoms with E-state index >= 15 is 0 Å². The molecular formula is C22H23ClCsN5O3. The number of pyridine rings is 3. The summed E-state index contributed by atoms with van der Waals surface area (Å²) in [5.74, 6) is 0.524. The van der Waals surface area contributed by atoms with Crippen molar-refractivity contribution in [3.63, 3.8) is 0 Å². The van der Waals surface area contributed by atoms with Crippen LogP contribution in [0.15, 0.2) is 41.5 Å². The number of likely N-dealkylation sites (tertiary alicyclic amines) is 1. The molecule has 10 heteroatoms. The molecule has 3 aromatic rings. The van der Waals surface area contributed by atoms with E-state index in [-0.39, 0.29) is 98.9 Å². The molecule has 1 amide bonds. The third-order valence-electron chi connectivity index (χ3n) is 5.22. The van der Waals surface area contributed by atoms with Gasteiger partial charge in [0.1, 0.15) is 22.6 Å². The molecule has 32 heavy (non-hydrogen) atoms. The van der Waals surface area contributed by atoms with Gasteiger partial charge in [-0.25, -0.2) is 4.98 Å². The number of nitrogens with zero attached hydrogens (tertiary/aromatic N) is 3. The number of halogens is 1. The van der Waals surface area contributed by atoms with Crippen molar-refractivity contribution < 1.29 is 78.4 Å². The molecule has 0 unspecified atom stereocenters. The maximum absolute atomic E-state index is 12.0. The van der Waals surface area contributed by atoms with Crippen LogP contribution in [0.5, 0.6) is 5.75 Å². The Morgan fingerprint density at radius 2 is 2.00 bits per heavy atom. The first kappa shape index (κ1) is 25.7. The summed E-state index contributed by atoms with van der Waals surface area (Å²) in [4.78, 5) is 37.2. The second-order valence-corrected chi connectivity index (χ2v) is 8.19. The summed E-state index contributed by atoms with van der Waals surface area (Å²) < 4.78 is 5.93. The number of ether oxygens (including phenoxy) is 1. The third kappa shape index (κ3) is 6.15. The molecule has 4 heterocycles. The van der Waals surface area contributed by atoms with Crippen LogP contribution in [0.1, 0.15) is 28.9 Å². The topological polar surface area (TPSA) is 100 Å². The predicted octanol–water partition coefficient (Wildman–Crippen LogP) is -0.419. The number of aromatic nitrogens is 3. The Morgan fingerprint density at radius 3 is 2.69 bits per heavy atom. The number of H-pyrrole nitrogens is 1. The van der Waals surface area contributed by atoms with Crippen LogP contribution >= 0.6 is 11.6 Å². The number of carbonyl (C=O) groups is 1. The van der Waals surface area contributed by atoms with E-state index in [0.717, 1.165) is 31.5 Å². The van der Waals surface area contributed by atoms with Crippen LogP contribution in [0.4, 0.5) is 0 Å². The van der Waals surface area contributed by atoms with Crippen LogP contribution < -0.4 is 84.5 Å². The minimum Gasteiger partial charge on any atom is -0.486 e. The molecule has 3 aromatic heterocycles. The Hall–Kier alpha value is -0.918. The standard InChI is InChI=1S/C21H20ClN5O3.CH3.Cs/c22-16-6-18-19(26-20(16)28)5-12(7-23-18)9-27-10-15(11-27)30-14-3-4-17(24-8-14)21(29)25-13-1-2-13;;/h3-8,13,15H,1-2,9-11H2,(H,25,29)(H,26,28);1H3;/q;-1;+1. The van der Waals surface area contributed by atoms with Gasteiger partial charge in [0, 0.05) is 31.9 Å². The summed E-state index contributed by atoms with van der Waals surface area (Å²) in [5.41, 5.74) is 2.44. The molecule has 1 saturated heterocycles. The molecule has 0 spiro atoms. The summed E-state index contributed by atoms with van der Waals surface area (Å²) in [5, 5.41) is 3.05. The van der Waals surface area contributed by atoms with E-state index in [1.54, 1.807) is 30.6 Å². The van der Waals surface area contributed by atoms with Gasteiger partial charge in [-0.15, -0.1) is 0 Å². The van der Waals surface area contributed by atoms with Crippen molar-refractivity contribution >= 4 is 28.5 Å². The summed E-state index contributed by atoms with van der Waals surface area (Å²) in [6.45, 7) is 2.27. The van der Waals surface area contributed by atoms with Crippen LogP contribution in [-0.4, -0.2) is 51.0 Å². The number of carbonyl (C=O) groups excluding carboxylic acids is 1. The molecule has 0 atom stereocenters. The van der Waals surface area contributed by atoms with Gasteiger partial charge in [-0.3, -0.25) is 19.5 Å². The molecule has 8 nitrogen and oxygen atoms in total. The fraction of sp³-hybridized carbons (Fsp3) is 0.318. The van der Waals surface area contributed by atoms with E-state index in [1.807, 2.05) is 6.07 Å². The van der Waals surface area contributed by atoms with Crippen molar-refractivity contribution in [2.45, 2.75) is 31.5 Å². The van der Waals surface area contributed by atoms with E-state index in [4.69, 9.17) is 16.3 Å².